The van der Waals surface area contributed by atoms with Crippen LogP contribution in [0.2, 0.25) is 0 Å². The first-order valence-corrected chi connectivity index (χ1v) is 5.84. The van der Waals surface area contributed by atoms with Crippen LogP contribution in [0.4, 0.5) is 0 Å². The number of hydrogen-bond acceptors (Lipinski definition) is 3. The lowest BCUT2D eigenvalue weighted by atomic mass is 10.2. The molecular formula is C11H13NO2S. The summed E-state index contributed by atoms with van der Waals surface area (Å²) >= 11 is 1.70. The third-order valence-electron chi connectivity index (χ3n) is 2.42. The zero-order valence-corrected chi connectivity index (χ0v) is 9.04. The molecule has 2 N–H and O–H groups in total. The molecule has 0 aromatic heterocycles. The van der Waals surface area contributed by atoms with Gasteiger partial charge in [-0.05, 0) is 25.0 Å². The lowest BCUT2D eigenvalue weighted by Gasteiger charge is -2.10. The second-order valence-corrected chi connectivity index (χ2v) is 4.83. The minimum atomic E-state index is -0.744. The Kier molecular flexibility index (Phi) is 3.28. The van der Waals surface area contributed by atoms with Gasteiger partial charge in [-0.25, -0.2) is 0 Å². The summed E-state index contributed by atoms with van der Waals surface area (Å²) in [6.07, 6.45) is 1.64. The van der Waals surface area contributed by atoms with Crippen molar-refractivity contribution in [2.75, 3.05) is 0 Å². The van der Waals surface area contributed by atoms with Gasteiger partial charge in [0.2, 0.25) is 0 Å². The van der Waals surface area contributed by atoms with Gasteiger partial charge in [-0.2, -0.15) is 0 Å². The van der Waals surface area contributed by atoms with Crippen LogP contribution < -0.4 is 5.32 Å². The summed E-state index contributed by atoms with van der Waals surface area (Å²) in [5.41, 5.74) is 0. The van der Waals surface area contributed by atoms with Crippen LogP contribution in [0.15, 0.2) is 35.2 Å². The van der Waals surface area contributed by atoms with E-state index in [1.54, 1.807) is 11.8 Å². The fourth-order valence-electron chi connectivity index (χ4n) is 1.66. The second-order valence-electron chi connectivity index (χ2n) is 3.55. The quantitative estimate of drug-likeness (QED) is 0.822. The average Bonchev–Trinajstić information content (AvgIpc) is 2.68. The fraction of sp³-hybridized carbons (Fsp3) is 0.364. The largest absolute Gasteiger partial charge is 0.480 e. The van der Waals surface area contributed by atoms with Gasteiger partial charge in [0, 0.05) is 4.90 Å². The number of carboxylic acids is 1. The summed E-state index contributed by atoms with van der Waals surface area (Å²) < 4.78 is 0. The highest BCUT2D eigenvalue weighted by molar-refractivity contribution is 7.99. The number of nitrogens with one attached hydrogen (secondary N) is 1. The van der Waals surface area contributed by atoms with Crippen molar-refractivity contribution < 1.29 is 9.90 Å². The van der Waals surface area contributed by atoms with Gasteiger partial charge in [0.05, 0.1) is 5.37 Å². The van der Waals surface area contributed by atoms with Crippen LogP contribution in [0, 0.1) is 0 Å². The van der Waals surface area contributed by atoms with Gasteiger partial charge >= 0.3 is 5.97 Å². The topological polar surface area (TPSA) is 49.3 Å². The summed E-state index contributed by atoms with van der Waals surface area (Å²) in [5, 5.41) is 12.2. The Balaban J connectivity index is 1.90. The van der Waals surface area contributed by atoms with Gasteiger partial charge in [-0.3, -0.25) is 10.1 Å². The number of rotatable bonds is 3. The van der Waals surface area contributed by atoms with E-state index in [-0.39, 0.29) is 11.4 Å². The van der Waals surface area contributed by atoms with Crippen molar-refractivity contribution in [3.05, 3.63) is 30.3 Å². The molecule has 1 saturated heterocycles. The molecule has 2 rings (SSSR count). The highest BCUT2D eigenvalue weighted by atomic mass is 32.2. The monoisotopic (exact) mass is 223 g/mol. The highest BCUT2D eigenvalue weighted by Gasteiger charge is 2.28. The molecule has 0 radical (unpaired) electrons. The van der Waals surface area contributed by atoms with Crippen molar-refractivity contribution >= 4 is 17.7 Å². The number of hydrogen-bond donors (Lipinski definition) is 2. The molecule has 0 aliphatic carbocycles. The number of thioether (sulfide) groups is 1. The SMILES string of the molecule is O=C(O)C1CCC(Sc2ccccc2)N1. The van der Waals surface area contributed by atoms with E-state index in [9.17, 15) is 4.79 Å². The maximum Gasteiger partial charge on any atom is 0.320 e. The van der Waals surface area contributed by atoms with E-state index >= 15 is 0 Å². The number of aliphatic carboxylic acids is 1. The van der Waals surface area contributed by atoms with Gasteiger partial charge in [0.1, 0.15) is 6.04 Å². The Morgan fingerprint density at radius 2 is 2.07 bits per heavy atom. The minimum absolute atomic E-state index is 0.230. The smallest absolute Gasteiger partial charge is 0.320 e. The van der Waals surface area contributed by atoms with E-state index in [2.05, 4.69) is 5.32 Å². The highest BCUT2D eigenvalue weighted by Crippen LogP contribution is 2.28. The molecule has 1 heterocycles. The predicted octanol–water partition coefficient (Wildman–Crippen LogP) is 1.94. The molecule has 80 valence electrons. The third kappa shape index (κ3) is 2.73. The Hall–Kier alpha value is -1.00. The molecule has 1 fully saturated rings. The van der Waals surface area contributed by atoms with Crippen molar-refractivity contribution in [2.45, 2.75) is 29.2 Å². The summed E-state index contributed by atoms with van der Waals surface area (Å²) in [6.45, 7) is 0. The maximum atomic E-state index is 10.7. The first-order chi connectivity index (χ1) is 7.25. The molecule has 3 nitrogen and oxygen atoms in total. The van der Waals surface area contributed by atoms with Crippen LogP contribution in [0.25, 0.3) is 0 Å². The Labute approximate surface area is 92.9 Å². The van der Waals surface area contributed by atoms with Crippen molar-refractivity contribution in [3.8, 4) is 0 Å². The molecule has 0 saturated carbocycles. The van der Waals surface area contributed by atoms with Crippen LogP contribution in [-0.4, -0.2) is 22.5 Å². The first-order valence-electron chi connectivity index (χ1n) is 4.96. The summed E-state index contributed by atoms with van der Waals surface area (Å²) in [5.74, 6) is -0.744. The molecule has 2 unspecified atom stereocenters. The molecule has 15 heavy (non-hydrogen) atoms. The molecule has 1 aromatic rings. The van der Waals surface area contributed by atoms with Crippen molar-refractivity contribution in [2.24, 2.45) is 0 Å². The molecule has 1 aliphatic heterocycles. The van der Waals surface area contributed by atoms with Gasteiger partial charge in [-0.1, -0.05) is 18.2 Å². The Morgan fingerprint density at radius 1 is 1.33 bits per heavy atom. The number of carboxylic acid groups (broad SMARTS) is 1. The maximum absolute atomic E-state index is 10.7. The zero-order valence-electron chi connectivity index (χ0n) is 8.22. The Bertz CT molecular complexity index is 342. The van der Waals surface area contributed by atoms with E-state index in [4.69, 9.17) is 5.11 Å². The van der Waals surface area contributed by atoms with E-state index in [0.717, 1.165) is 12.8 Å². The van der Waals surface area contributed by atoms with E-state index in [1.807, 2.05) is 30.3 Å². The van der Waals surface area contributed by atoms with Gasteiger partial charge < -0.3 is 5.11 Å². The van der Waals surface area contributed by atoms with Crippen LogP contribution in [0.1, 0.15) is 12.8 Å². The summed E-state index contributed by atoms with van der Waals surface area (Å²) in [4.78, 5) is 11.9. The van der Waals surface area contributed by atoms with Crippen LogP contribution in [0.5, 0.6) is 0 Å². The van der Waals surface area contributed by atoms with E-state index in [1.165, 1.54) is 4.90 Å². The number of benzene rings is 1. The van der Waals surface area contributed by atoms with E-state index < -0.39 is 5.97 Å². The molecule has 2 atom stereocenters. The molecule has 0 amide bonds. The molecule has 1 aromatic carbocycles. The van der Waals surface area contributed by atoms with Gasteiger partial charge in [0.15, 0.2) is 0 Å². The lowest BCUT2D eigenvalue weighted by molar-refractivity contribution is -0.139. The number of carbonyl (C=O) groups is 1. The summed E-state index contributed by atoms with van der Waals surface area (Å²) in [7, 11) is 0. The zero-order chi connectivity index (χ0) is 10.7. The second kappa shape index (κ2) is 4.68. The van der Waals surface area contributed by atoms with Crippen molar-refractivity contribution in [1.29, 1.82) is 0 Å². The molecule has 1 aliphatic rings. The van der Waals surface area contributed by atoms with E-state index in [0.29, 0.717) is 0 Å². The standard InChI is InChI=1S/C11H13NO2S/c13-11(14)9-6-7-10(12-9)15-8-4-2-1-3-5-8/h1-5,9-10,12H,6-7H2,(H,13,14). The van der Waals surface area contributed by atoms with Crippen molar-refractivity contribution in [3.63, 3.8) is 0 Å². The van der Waals surface area contributed by atoms with Crippen molar-refractivity contribution in [1.82, 2.24) is 5.32 Å². The average molecular weight is 223 g/mol. The van der Waals surface area contributed by atoms with Crippen LogP contribution in [0.3, 0.4) is 0 Å². The van der Waals surface area contributed by atoms with Gasteiger partial charge in [-0.15, -0.1) is 11.8 Å². The predicted molar refractivity (Wildman–Crippen MR) is 59.9 cm³/mol. The molecule has 0 spiro atoms. The minimum Gasteiger partial charge on any atom is -0.480 e. The molecular weight excluding hydrogens is 210 g/mol. The normalized spacial score (nSPS) is 25.3. The molecule has 0 bridgehead atoms. The van der Waals surface area contributed by atoms with Crippen LogP contribution >= 0.6 is 11.8 Å². The van der Waals surface area contributed by atoms with Gasteiger partial charge in [0.25, 0.3) is 0 Å². The summed E-state index contributed by atoms with van der Waals surface area (Å²) in [6, 6.07) is 9.68. The first kappa shape index (κ1) is 10.5. The lowest BCUT2D eigenvalue weighted by Crippen LogP contribution is -2.33. The van der Waals surface area contributed by atoms with Crippen LogP contribution in [-0.2, 0) is 4.79 Å². The Morgan fingerprint density at radius 3 is 2.67 bits per heavy atom. The third-order valence-corrected chi connectivity index (χ3v) is 3.62. The molecule has 4 heteroatoms. The fourth-order valence-corrected chi connectivity index (χ4v) is 2.79.